The first-order chi connectivity index (χ1) is 11.1. The molecule has 0 aromatic carbocycles. The summed E-state index contributed by atoms with van der Waals surface area (Å²) < 4.78 is 0.212. The number of aliphatic imine (C=N–C) groups is 1. The van der Waals surface area contributed by atoms with Crippen molar-refractivity contribution in [1.82, 2.24) is 0 Å². The van der Waals surface area contributed by atoms with Crippen LogP contribution in [0.1, 0.15) is 58.3 Å². The number of nitrogens with zero attached hydrogens (tertiary/aromatic N) is 2. The van der Waals surface area contributed by atoms with Gasteiger partial charge in [0.1, 0.15) is 19.3 Å². The van der Waals surface area contributed by atoms with Crippen LogP contribution in [0.15, 0.2) is 29.5 Å². The van der Waals surface area contributed by atoms with Crippen LogP contribution in [0.2, 0.25) is 0 Å². The lowest BCUT2D eigenvalue weighted by Crippen LogP contribution is -2.54. The molecule has 0 aliphatic carbocycles. The Hall–Kier alpha value is -1.46. The number of rotatable bonds is 13. The number of carbonyl (C=O) groups is 1. The molecule has 1 atom stereocenters. The molecule has 1 heterocycles. The molecule has 1 aliphatic heterocycles. The van der Waals surface area contributed by atoms with Crippen LogP contribution in [-0.4, -0.2) is 35.9 Å². The van der Waals surface area contributed by atoms with Gasteiger partial charge in [-0.05, 0) is 19.3 Å². The third-order valence-electron chi connectivity index (χ3n) is 4.20. The molecule has 0 bridgehead atoms. The van der Waals surface area contributed by atoms with Gasteiger partial charge in [-0.15, -0.1) is 0 Å². The van der Waals surface area contributed by atoms with Gasteiger partial charge >= 0.3 is 0 Å². The molecule has 2 N–H and O–H groups in total. The summed E-state index contributed by atoms with van der Waals surface area (Å²) >= 11 is 0. The minimum absolute atomic E-state index is 0.0896. The Morgan fingerprint density at radius 3 is 2.70 bits per heavy atom. The van der Waals surface area contributed by atoms with E-state index in [1.54, 1.807) is 6.20 Å². The van der Waals surface area contributed by atoms with Crippen LogP contribution in [0.25, 0.3) is 0 Å². The monoisotopic (exact) mass is 321 g/mol. The number of unbranched alkanes of at least 4 members (excludes halogenated alkanes) is 5. The summed E-state index contributed by atoms with van der Waals surface area (Å²) in [5.41, 5.74) is 5.64. The maximum atomic E-state index is 11.0. The van der Waals surface area contributed by atoms with Gasteiger partial charge in [0, 0.05) is 13.0 Å². The van der Waals surface area contributed by atoms with Crippen molar-refractivity contribution in [1.29, 1.82) is 0 Å². The van der Waals surface area contributed by atoms with Crippen LogP contribution < -0.4 is 10.8 Å². The highest BCUT2D eigenvalue weighted by Crippen LogP contribution is 2.19. The lowest BCUT2D eigenvalue weighted by molar-refractivity contribution is -0.780. The summed E-state index contributed by atoms with van der Waals surface area (Å²) in [6, 6.07) is 0. The molecule has 0 aromatic heterocycles. The number of quaternary nitrogens is 1. The number of allylic oxidation sites excluding steroid dienone is 2. The molecule has 0 aromatic rings. The quantitative estimate of drug-likeness (QED) is 0.320. The summed E-state index contributed by atoms with van der Waals surface area (Å²) in [6.45, 7) is 3.10. The Morgan fingerprint density at radius 1 is 1.26 bits per heavy atom. The van der Waals surface area contributed by atoms with Gasteiger partial charge in [-0.25, -0.2) is 9.48 Å². The van der Waals surface area contributed by atoms with Gasteiger partial charge < -0.3 is 15.6 Å². The molecule has 5 nitrogen and oxygen atoms in total. The van der Waals surface area contributed by atoms with E-state index in [1.807, 2.05) is 6.20 Å². The van der Waals surface area contributed by atoms with Crippen LogP contribution in [0.3, 0.4) is 0 Å². The van der Waals surface area contributed by atoms with E-state index >= 15 is 0 Å². The Labute approximate surface area is 140 Å². The van der Waals surface area contributed by atoms with Crippen LogP contribution in [0.5, 0.6) is 0 Å². The van der Waals surface area contributed by atoms with E-state index in [9.17, 15) is 9.90 Å². The fourth-order valence-electron chi connectivity index (χ4n) is 2.94. The average molecular weight is 321 g/mol. The molecule has 0 radical (unpaired) electrons. The van der Waals surface area contributed by atoms with Gasteiger partial charge in [0.2, 0.25) is 5.84 Å². The van der Waals surface area contributed by atoms with E-state index in [1.165, 1.54) is 32.1 Å². The highest BCUT2D eigenvalue weighted by atomic mass is 16.4. The second-order valence-electron chi connectivity index (χ2n) is 6.13. The van der Waals surface area contributed by atoms with Crippen molar-refractivity contribution in [3.8, 4) is 0 Å². The standard InChI is InChI=1S/C18H31N3O2/c1-2-3-4-5-6-7-8-9-10-11-17-20-13-15-21(17,14-12-19)16-18(22)23/h8-9,13,15H,2-7,10-12,14,16,19H2,1H3/b9-8+. The second kappa shape index (κ2) is 11.1. The number of carbonyl (C=O) groups excluding carboxylic acids is 1. The van der Waals surface area contributed by atoms with Gasteiger partial charge in [-0.2, -0.15) is 0 Å². The van der Waals surface area contributed by atoms with Crippen molar-refractivity contribution >= 4 is 11.8 Å². The number of amidine groups is 1. The first-order valence-electron chi connectivity index (χ1n) is 8.81. The third kappa shape index (κ3) is 7.10. The second-order valence-corrected chi connectivity index (χ2v) is 6.13. The van der Waals surface area contributed by atoms with Gasteiger partial charge in [-0.1, -0.05) is 44.8 Å². The summed E-state index contributed by atoms with van der Waals surface area (Å²) in [5, 5.41) is 11.0. The summed E-state index contributed by atoms with van der Waals surface area (Å²) in [4.78, 5) is 15.4. The van der Waals surface area contributed by atoms with Crippen LogP contribution in [0, 0.1) is 0 Å². The van der Waals surface area contributed by atoms with E-state index < -0.39 is 5.97 Å². The molecule has 1 rings (SSSR count). The molecular weight excluding hydrogens is 290 g/mol. The van der Waals surface area contributed by atoms with Crippen molar-refractivity contribution in [2.24, 2.45) is 10.7 Å². The van der Waals surface area contributed by atoms with Crippen molar-refractivity contribution in [2.75, 3.05) is 19.6 Å². The Morgan fingerprint density at radius 2 is 2.00 bits per heavy atom. The zero-order valence-corrected chi connectivity index (χ0v) is 14.4. The van der Waals surface area contributed by atoms with Crippen molar-refractivity contribution in [3.63, 3.8) is 0 Å². The van der Waals surface area contributed by atoms with E-state index in [0.717, 1.165) is 25.1 Å². The summed E-state index contributed by atoms with van der Waals surface area (Å²) in [7, 11) is 0. The Bertz CT molecular complexity index is 444. The Balaban J connectivity index is 2.34. The van der Waals surface area contributed by atoms with E-state index in [4.69, 9.17) is 5.73 Å². The number of aliphatic carboxylic acids is 1. The topological polar surface area (TPSA) is 78.5 Å². The number of carboxylic acids is 1. The predicted octanol–water partition coefficient (Wildman–Crippen LogP) is 2.09. The largest absolute Gasteiger partial charge is 0.544 e. The zero-order valence-electron chi connectivity index (χ0n) is 14.4. The molecule has 0 saturated heterocycles. The first kappa shape index (κ1) is 19.6. The molecule has 0 amide bonds. The van der Waals surface area contributed by atoms with E-state index in [2.05, 4.69) is 24.1 Å². The highest BCUT2D eigenvalue weighted by molar-refractivity contribution is 5.81. The molecule has 23 heavy (non-hydrogen) atoms. The maximum Gasteiger partial charge on any atom is 0.208 e. The van der Waals surface area contributed by atoms with Crippen LogP contribution in [0.4, 0.5) is 0 Å². The minimum Gasteiger partial charge on any atom is -0.544 e. The normalized spacial score (nSPS) is 20.3. The number of hydrogen-bond acceptors (Lipinski definition) is 4. The molecule has 5 heteroatoms. The lowest BCUT2D eigenvalue weighted by atomic mass is 10.1. The Kier molecular flexibility index (Phi) is 9.48. The van der Waals surface area contributed by atoms with Crippen molar-refractivity contribution in [3.05, 3.63) is 24.6 Å². The predicted molar refractivity (Wildman–Crippen MR) is 92.4 cm³/mol. The SMILES string of the molecule is CCCCCCC/C=C/CCC1=NC=C[N+]1(CCN)CC(=O)[O-]. The average Bonchev–Trinajstić information content (AvgIpc) is 2.87. The summed E-state index contributed by atoms with van der Waals surface area (Å²) in [5.74, 6) is -0.201. The molecule has 1 unspecified atom stereocenters. The minimum atomic E-state index is -1.07. The van der Waals surface area contributed by atoms with Gasteiger partial charge in [-0.3, -0.25) is 0 Å². The van der Waals surface area contributed by atoms with E-state index in [-0.39, 0.29) is 11.0 Å². The molecule has 0 saturated carbocycles. The maximum absolute atomic E-state index is 11.0. The van der Waals surface area contributed by atoms with Gasteiger partial charge in [0.25, 0.3) is 0 Å². The molecule has 1 aliphatic rings. The van der Waals surface area contributed by atoms with Gasteiger partial charge in [0.05, 0.1) is 12.2 Å². The highest BCUT2D eigenvalue weighted by Gasteiger charge is 2.34. The number of nitrogens with two attached hydrogens (primary N) is 1. The van der Waals surface area contributed by atoms with Gasteiger partial charge in [0.15, 0.2) is 0 Å². The molecular formula is C18H31N3O2. The van der Waals surface area contributed by atoms with Crippen LogP contribution in [-0.2, 0) is 4.79 Å². The number of hydrogen-bond donors (Lipinski definition) is 1. The third-order valence-corrected chi connectivity index (χ3v) is 4.20. The lowest BCUT2D eigenvalue weighted by Gasteiger charge is -2.32. The summed E-state index contributed by atoms with van der Waals surface area (Å²) in [6.07, 6.45) is 17.2. The van der Waals surface area contributed by atoms with E-state index in [0.29, 0.717) is 13.1 Å². The van der Waals surface area contributed by atoms with Crippen LogP contribution >= 0.6 is 0 Å². The van der Waals surface area contributed by atoms with Crippen molar-refractivity contribution < 1.29 is 14.4 Å². The molecule has 130 valence electrons. The fourth-order valence-corrected chi connectivity index (χ4v) is 2.94. The fraction of sp³-hybridized carbons (Fsp3) is 0.667. The number of carboxylic acid groups (broad SMARTS) is 1. The first-order valence-corrected chi connectivity index (χ1v) is 8.81. The molecule has 0 fully saturated rings. The smallest absolute Gasteiger partial charge is 0.208 e. The molecule has 0 spiro atoms. The van der Waals surface area contributed by atoms with Crippen molar-refractivity contribution in [2.45, 2.75) is 58.3 Å². The zero-order chi connectivity index (χ0) is 17.0.